The molecule has 2 atom stereocenters. The van der Waals surface area contributed by atoms with E-state index in [-0.39, 0.29) is 25.9 Å². The highest BCUT2D eigenvalue weighted by atomic mass is 19.4. The lowest BCUT2D eigenvalue weighted by molar-refractivity contribution is -0.222. The molecule has 8 heteroatoms. The van der Waals surface area contributed by atoms with Gasteiger partial charge in [0.05, 0.1) is 0 Å². The van der Waals surface area contributed by atoms with Crippen molar-refractivity contribution in [3.63, 3.8) is 0 Å². The Morgan fingerprint density at radius 2 is 2.05 bits per heavy atom. The van der Waals surface area contributed by atoms with Crippen molar-refractivity contribution in [1.29, 1.82) is 0 Å². The molecular formula is C11H15F3N2O3. The molecular weight excluding hydrogens is 265 g/mol. The number of nitrogens with zero attached hydrogens (tertiary/aromatic N) is 1. The number of carboxylic acid groups (broad SMARTS) is 1. The molecule has 0 radical (unpaired) electrons. The third kappa shape index (κ3) is 2.18. The van der Waals surface area contributed by atoms with E-state index in [0.717, 1.165) is 4.90 Å². The highest BCUT2D eigenvalue weighted by Crippen LogP contribution is 2.45. The summed E-state index contributed by atoms with van der Waals surface area (Å²) in [5.41, 5.74) is -2.47. The van der Waals surface area contributed by atoms with Gasteiger partial charge in [-0.15, -0.1) is 0 Å². The Morgan fingerprint density at radius 1 is 1.37 bits per heavy atom. The number of alkyl halides is 3. The number of aliphatic carboxylic acids is 1. The molecule has 2 N–H and O–H groups in total. The van der Waals surface area contributed by atoms with Crippen LogP contribution in [-0.4, -0.2) is 53.7 Å². The van der Waals surface area contributed by atoms with Crippen molar-refractivity contribution in [3.8, 4) is 0 Å². The van der Waals surface area contributed by atoms with Gasteiger partial charge >= 0.3 is 12.1 Å². The van der Waals surface area contributed by atoms with Crippen LogP contribution in [0.15, 0.2) is 0 Å². The first-order chi connectivity index (χ1) is 8.79. The molecule has 0 spiro atoms. The first kappa shape index (κ1) is 14.1. The molecule has 2 aliphatic heterocycles. The number of hydrogen-bond donors (Lipinski definition) is 2. The Hall–Kier alpha value is -1.31. The fourth-order valence-electron chi connectivity index (χ4n) is 2.78. The fourth-order valence-corrected chi connectivity index (χ4v) is 2.78. The summed E-state index contributed by atoms with van der Waals surface area (Å²) in [7, 11) is 0. The largest absolute Gasteiger partial charge is 0.480 e. The average molecular weight is 280 g/mol. The Bertz CT molecular complexity index is 391. The maximum Gasteiger partial charge on any atom is 0.404 e. The van der Waals surface area contributed by atoms with Crippen LogP contribution in [0.25, 0.3) is 0 Å². The summed E-state index contributed by atoms with van der Waals surface area (Å²) >= 11 is 0. The highest BCUT2D eigenvalue weighted by Gasteiger charge is 2.63. The summed E-state index contributed by atoms with van der Waals surface area (Å²) in [5, 5.41) is 11.5. The van der Waals surface area contributed by atoms with Crippen LogP contribution in [0.1, 0.15) is 19.3 Å². The lowest BCUT2D eigenvalue weighted by atomic mass is 9.84. The smallest absolute Gasteiger partial charge is 0.404 e. The van der Waals surface area contributed by atoms with Crippen LogP contribution >= 0.6 is 0 Å². The van der Waals surface area contributed by atoms with E-state index in [9.17, 15) is 22.8 Å². The molecule has 1 amide bonds. The molecule has 2 heterocycles. The molecule has 0 bridgehead atoms. The zero-order valence-corrected chi connectivity index (χ0v) is 10.2. The number of nitrogens with one attached hydrogen (secondary N) is 1. The minimum atomic E-state index is -4.67. The molecule has 5 nitrogen and oxygen atoms in total. The zero-order valence-electron chi connectivity index (χ0n) is 10.2. The molecule has 0 aromatic heterocycles. The summed E-state index contributed by atoms with van der Waals surface area (Å²) in [5.74, 6) is -2.34. The number of halogens is 3. The predicted molar refractivity (Wildman–Crippen MR) is 58.3 cm³/mol. The number of hydrogen-bond acceptors (Lipinski definition) is 3. The molecule has 0 aromatic carbocycles. The Labute approximate surface area is 107 Å². The summed E-state index contributed by atoms with van der Waals surface area (Å²) in [4.78, 5) is 24.1. The van der Waals surface area contributed by atoms with E-state index in [1.807, 2.05) is 0 Å². The summed E-state index contributed by atoms with van der Waals surface area (Å²) < 4.78 is 39.6. The first-order valence-corrected chi connectivity index (χ1v) is 6.11. The van der Waals surface area contributed by atoms with Crippen LogP contribution < -0.4 is 5.32 Å². The molecule has 0 saturated carbocycles. The van der Waals surface area contributed by atoms with Gasteiger partial charge in [0, 0.05) is 13.1 Å². The normalized spacial score (nSPS) is 31.7. The number of carbonyl (C=O) groups is 2. The molecule has 2 rings (SSSR count). The van der Waals surface area contributed by atoms with E-state index in [1.54, 1.807) is 0 Å². The molecule has 19 heavy (non-hydrogen) atoms. The Balaban J connectivity index is 2.28. The van der Waals surface area contributed by atoms with Gasteiger partial charge in [0.1, 0.15) is 6.04 Å². The fraction of sp³-hybridized carbons (Fsp3) is 0.818. The molecule has 2 saturated heterocycles. The van der Waals surface area contributed by atoms with Crippen LogP contribution in [0.4, 0.5) is 13.2 Å². The maximum absolute atomic E-state index is 13.2. The highest BCUT2D eigenvalue weighted by molar-refractivity contribution is 5.89. The van der Waals surface area contributed by atoms with Crippen molar-refractivity contribution in [3.05, 3.63) is 0 Å². The van der Waals surface area contributed by atoms with Crippen molar-refractivity contribution < 1.29 is 27.9 Å². The van der Waals surface area contributed by atoms with Gasteiger partial charge in [-0.25, -0.2) is 4.79 Å². The van der Waals surface area contributed by atoms with Gasteiger partial charge in [-0.1, -0.05) is 0 Å². The van der Waals surface area contributed by atoms with Crippen LogP contribution in [0, 0.1) is 5.41 Å². The molecule has 2 aliphatic rings. The lowest BCUT2D eigenvalue weighted by Crippen LogP contribution is -2.55. The molecule has 2 unspecified atom stereocenters. The SMILES string of the molecule is O=C(O)C1CCCN1C(=O)C1(C(F)(F)F)CCNC1. The minimum Gasteiger partial charge on any atom is -0.480 e. The van der Waals surface area contributed by atoms with Crippen molar-refractivity contribution >= 4 is 11.9 Å². The van der Waals surface area contributed by atoms with Crippen LogP contribution in [0.2, 0.25) is 0 Å². The van der Waals surface area contributed by atoms with Gasteiger partial charge < -0.3 is 15.3 Å². The summed E-state index contributed by atoms with van der Waals surface area (Å²) in [6, 6.07) is -1.13. The van der Waals surface area contributed by atoms with Gasteiger partial charge in [-0.3, -0.25) is 4.79 Å². The molecule has 0 aromatic rings. The third-order valence-electron chi connectivity index (χ3n) is 3.91. The van der Waals surface area contributed by atoms with Gasteiger partial charge in [-0.05, 0) is 25.8 Å². The second-order valence-electron chi connectivity index (χ2n) is 5.00. The predicted octanol–water partition coefficient (Wildman–Crippen LogP) is 0.604. The van der Waals surface area contributed by atoms with Crippen molar-refractivity contribution in [1.82, 2.24) is 10.2 Å². The molecule has 2 fully saturated rings. The zero-order chi connectivity index (χ0) is 14.3. The summed E-state index contributed by atoms with van der Waals surface area (Å²) in [6.45, 7) is -0.289. The summed E-state index contributed by atoms with van der Waals surface area (Å²) in [6.07, 6.45) is -4.37. The number of rotatable bonds is 2. The van der Waals surface area contributed by atoms with Crippen molar-refractivity contribution in [2.24, 2.45) is 5.41 Å². The standard InChI is InChI=1S/C11H15F3N2O3/c12-11(13,14)10(3-4-15-6-10)9(19)16-5-1-2-7(16)8(17)18/h7,15H,1-6H2,(H,17,18). The number of likely N-dealkylation sites (tertiary alicyclic amines) is 1. The van der Waals surface area contributed by atoms with Crippen LogP contribution in [0.3, 0.4) is 0 Å². The van der Waals surface area contributed by atoms with E-state index < -0.39 is 36.1 Å². The van der Waals surface area contributed by atoms with Crippen LogP contribution in [0.5, 0.6) is 0 Å². The molecule has 108 valence electrons. The second kappa shape index (κ2) is 4.66. The Kier molecular flexibility index (Phi) is 3.46. The minimum absolute atomic E-state index is 0.0770. The number of carbonyl (C=O) groups excluding carboxylic acids is 1. The van der Waals surface area contributed by atoms with Gasteiger partial charge in [-0.2, -0.15) is 13.2 Å². The van der Waals surface area contributed by atoms with Gasteiger partial charge in [0.2, 0.25) is 5.91 Å². The number of carboxylic acids is 1. The van der Waals surface area contributed by atoms with Crippen LogP contribution in [-0.2, 0) is 9.59 Å². The quantitative estimate of drug-likeness (QED) is 0.777. The average Bonchev–Trinajstić information content (AvgIpc) is 2.97. The monoisotopic (exact) mass is 280 g/mol. The molecule has 0 aliphatic carbocycles. The second-order valence-corrected chi connectivity index (χ2v) is 5.00. The maximum atomic E-state index is 13.2. The van der Waals surface area contributed by atoms with Gasteiger partial charge in [0.15, 0.2) is 5.41 Å². The van der Waals surface area contributed by atoms with E-state index in [1.165, 1.54) is 0 Å². The van der Waals surface area contributed by atoms with Crippen molar-refractivity contribution in [2.45, 2.75) is 31.5 Å². The number of amides is 1. The van der Waals surface area contributed by atoms with E-state index in [0.29, 0.717) is 6.42 Å². The van der Waals surface area contributed by atoms with Crippen molar-refractivity contribution in [2.75, 3.05) is 19.6 Å². The topological polar surface area (TPSA) is 69.6 Å². The Morgan fingerprint density at radius 3 is 2.53 bits per heavy atom. The van der Waals surface area contributed by atoms with Gasteiger partial charge in [0.25, 0.3) is 0 Å². The third-order valence-corrected chi connectivity index (χ3v) is 3.91. The van der Waals surface area contributed by atoms with E-state index in [4.69, 9.17) is 5.11 Å². The first-order valence-electron chi connectivity index (χ1n) is 6.11. The van der Waals surface area contributed by atoms with E-state index in [2.05, 4.69) is 5.32 Å². The lowest BCUT2D eigenvalue weighted by Gasteiger charge is -2.35. The van der Waals surface area contributed by atoms with E-state index >= 15 is 0 Å².